The highest BCUT2D eigenvalue weighted by Gasteiger charge is 2.32. The summed E-state index contributed by atoms with van der Waals surface area (Å²) in [6.07, 6.45) is 5.75. The van der Waals surface area contributed by atoms with Crippen LogP contribution in [0.5, 0.6) is 0 Å². The SMILES string of the molecule is C/C=C/Cn1c(N2CCC[C@H](N(C=O)OC(C)(C)C)C2)nc2c1c(=O)n(CC(=O)c1ccccc1[N+](=O)[O-])c(=O)n2C. The number of ketones is 1. The first kappa shape index (κ1) is 30.4. The maximum atomic E-state index is 13.8. The number of carbonyl (C=O) groups is 2. The number of imidazole rings is 1. The average Bonchev–Trinajstić information content (AvgIpc) is 3.35. The van der Waals surface area contributed by atoms with Crippen LogP contribution in [0.4, 0.5) is 11.6 Å². The van der Waals surface area contributed by atoms with Gasteiger partial charge in [-0.25, -0.2) is 9.86 Å². The van der Waals surface area contributed by atoms with Gasteiger partial charge in [-0.2, -0.15) is 4.98 Å². The first-order valence-electron chi connectivity index (χ1n) is 13.6. The van der Waals surface area contributed by atoms with E-state index in [-0.39, 0.29) is 29.3 Å². The second-order valence-corrected chi connectivity index (χ2v) is 11.1. The van der Waals surface area contributed by atoms with E-state index in [4.69, 9.17) is 9.82 Å². The van der Waals surface area contributed by atoms with Gasteiger partial charge in [-0.15, -0.1) is 0 Å². The first-order valence-corrected chi connectivity index (χ1v) is 13.6. The number of aromatic nitrogens is 4. The lowest BCUT2D eigenvalue weighted by molar-refractivity contribution is -0.385. The molecule has 0 N–H and O–H groups in total. The van der Waals surface area contributed by atoms with E-state index >= 15 is 0 Å². The van der Waals surface area contributed by atoms with Gasteiger partial charge in [0.25, 0.3) is 11.2 Å². The molecule has 0 saturated carbocycles. The lowest BCUT2D eigenvalue weighted by Crippen LogP contribution is -2.50. The van der Waals surface area contributed by atoms with Crippen LogP contribution in [0.1, 0.15) is 50.9 Å². The molecule has 0 aliphatic carbocycles. The zero-order valence-electron chi connectivity index (χ0n) is 24.3. The number of benzene rings is 1. The third-order valence-electron chi connectivity index (χ3n) is 6.96. The Balaban J connectivity index is 1.80. The number of hydroxylamine groups is 2. The van der Waals surface area contributed by atoms with Gasteiger partial charge >= 0.3 is 5.69 Å². The lowest BCUT2D eigenvalue weighted by Gasteiger charge is -2.39. The Morgan fingerprint density at radius 1 is 1.24 bits per heavy atom. The number of carbonyl (C=O) groups excluding carboxylic acids is 2. The number of fused-ring (bicyclic) bond motifs is 1. The van der Waals surface area contributed by atoms with Crippen LogP contribution in [0.2, 0.25) is 0 Å². The summed E-state index contributed by atoms with van der Waals surface area (Å²) >= 11 is 0. The summed E-state index contributed by atoms with van der Waals surface area (Å²) in [5.41, 5.74) is -2.44. The normalized spacial score (nSPS) is 15.8. The van der Waals surface area contributed by atoms with E-state index in [0.29, 0.717) is 31.9 Å². The molecule has 42 heavy (non-hydrogen) atoms. The van der Waals surface area contributed by atoms with Crippen LogP contribution < -0.4 is 16.1 Å². The van der Waals surface area contributed by atoms with Crippen LogP contribution in [0.3, 0.4) is 0 Å². The van der Waals surface area contributed by atoms with Crippen molar-refractivity contribution in [3.8, 4) is 0 Å². The standard InChI is InChI=1S/C28H35N7O7/c1-6-7-15-32-23-24(29-26(32)31-14-10-11-19(16-31)34(18-36)42-28(2,3)4)30(5)27(39)33(25(23)38)17-22(37)20-12-8-9-13-21(20)35(40)41/h6-9,12-13,18-19H,10-11,14-17H2,1-5H3/b7-6+/t19-/m0/s1. The molecule has 1 saturated heterocycles. The van der Waals surface area contributed by atoms with E-state index in [0.717, 1.165) is 11.0 Å². The molecule has 224 valence electrons. The van der Waals surface area contributed by atoms with Gasteiger partial charge in [0.2, 0.25) is 12.4 Å². The summed E-state index contributed by atoms with van der Waals surface area (Å²) in [6.45, 7) is 7.95. The fourth-order valence-electron chi connectivity index (χ4n) is 5.06. The number of para-hydroxylation sites is 1. The van der Waals surface area contributed by atoms with Gasteiger partial charge in [-0.1, -0.05) is 24.3 Å². The fraction of sp³-hybridized carbons (Fsp3) is 0.464. The molecule has 1 aromatic carbocycles. The molecule has 1 aliphatic heterocycles. The average molecular weight is 582 g/mol. The van der Waals surface area contributed by atoms with Gasteiger partial charge in [-0.3, -0.25) is 38.5 Å². The zero-order chi connectivity index (χ0) is 30.8. The molecule has 0 radical (unpaired) electrons. The van der Waals surface area contributed by atoms with Crippen LogP contribution >= 0.6 is 0 Å². The highest BCUT2D eigenvalue weighted by Crippen LogP contribution is 2.26. The summed E-state index contributed by atoms with van der Waals surface area (Å²) < 4.78 is 3.66. The number of piperidine rings is 1. The van der Waals surface area contributed by atoms with E-state index in [1.807, 2.05) is 44.7 Å². The van der Waals surface area contributed by atoms with E-state index < -0.39 is 39.8 Å². The van der Waals surface area contributed by atoms with Gasteiger partial charge in [0.15, 0.2) is 16.9 Å². The Bertz CT molecular complexity index is 1660. The second kappa shape index (κ2) is 12.1. The van der Waals surface area contributed by atoms with E-state index in [2.05, 4.69) is 0 Å². The molecular weight excluding hydrogens is 546 g/mol. The van der Waals surface area contributed by atoms with Crippen LogP contribution in [0.15, 0.2) is 46.0 Å². The second-order valence-electron chi connectivity index (χ2n) is 11.1. The Hall–Kier alpha value is -4.59. The molecule has 0 spiro atoms. The maximum Gasteiger partial charge on any atom is 0.332 e. The molecule has 1 amide bonds. The predicted octanol–water partition coefficient (Wildman–Crippen LogP) is 2.42. The van der Waals surface area contributed by atoms with Crippen molar-refractivity contribution >= 4 is 35.0 Å². The van der Waals surface area contributed by atoms with Crippen molar-refractivity contribution in [3.63, 3.8) is 0 Å². The van der Waals surface area contributed by atoms with Gasteiger partial charge in [0.05, 0.1) is 28.7 Å². The largest absolute Gasteiger partial charge is 0.340 e. The van der Waals surface area contributed by atoms with Gasteiger partial charge in [0.1, 0.15) is 0 Å². The topological polar surface area (TPSA) is 155 Å². The van der Waals surface area contributed by atoms with Crippen molar-refractivity contribution in [2.45, 2.75) is 65.3 Å². The maximum absolute atomic E-state index is 13.8. The molecular formula is C28H35N7O7. The summed E-state index contributed by atoms with van der Waals surface area (Å²) in [5.74, 6) is -0.309. The van der Waals surface area contributed by atoms with E-state index in [1.165, 1.54) is 40.9 Å². The molecule has 0 unspecified atom stereocenters. The van der Waals surface area contributed by atoms with Crippen LogP contribution in [-0.4, -0.2) is 65.6 Å². The number of Topliss-reactive ketones (excluding diaryl/α,β-unsaturated/α-hetero) is 1. The minimum Gasteiger partial charge on any atom is -0.340 e. The molecule has 0 bridgehead atoms. The van der Waals surface area contributed by atoms with Crippen molar-refractivity contribution in [2.24, 2.45) is 7.05 Å². The minimum absolute atomic E-state index is 0.112. The van der Waals surface area contributed by atoms with Crippen molar-refractivity contribution in [1.82, 2.24) is 23.7 Å². The quantitative estimate of drug-likeness (QED) is 0.115. The lowest BCUT2D eigenvalue weighted by atomic mass is 10.1. The van der Waals surface area contributed by atoms with Crippen LogP contribution in [-0.2, 0) is 29.8 Å². The molecule has 1 fully saturated rings. The Kier molecular flexibility index (Phi) is 8.75. The molecule has 4 rings (SSSR count). The third-order valence-corrected chi connectivity index (χ3v) is 6.96. The number of nitrogens with zero attached hydrogens (tertiary/aromatic N) is 7. The molecule has 1 atom stereocenters. The monoisotopic (exact) mass is 581 g/mol. The first-order chi connectivity index (χ1) is 19.9. The number of allylic oxidation sites excluding steroid dienone is 2. The highest BCUT2D eigenvalue weighted by molar-refractivity contribution is 5.99. The minimum atomic E-state index is -0.774. The highest BCUT2D eigenvalue weighted by atomic mass is 16.7. The Labute approximate surface area is 241 Å². The number of nitro benzene ring substituents is 1. The third kappa shape index (κ3) is 6.03. The molecule has 3 heterocycles. The number of amides is 1. The number of rotatable bonds is 10. The van der Waals surface area contributed by atoms with Crippen LogP contribution in [0, 0.1) is 10.1 Å². The number of anilines is 1. The number of hydrogen-bond acceptors (Lipinski definition) is 9. The fourth-order valence-corrected chi connectivity index (χ4v) is 5.06. The van der Waals surface area contributed by atoms with E-state index in [9.17, 15) is 29.3 Å². The molecule has 14 heteroatoms. The van der Waals surface area contributed by atoms with Crippen molar-refractivity contribution in [2.75, 3.05) is 18.0 Å². The molecule has 3 aromatic rings. The number of nitro groups is 1. The molecule has 1 aliphatic rings. The van der Waals surface area contributed by atoms with Crippen molar-refractivity contribution in [3.05, 3.63) is 72.9 Å². The summed E-state index contributed by atoms with van der Waals surface area (Å²) in [6, 6.07) is 5.13. The van der Waals surface area contributed by atoms with Crippen LogP contribution in [0.25, 0.3) is 11.2 Å². The predicted molar refractivity (Wildman–Crippen MR) is 155 cm³/mol. The summed E-state index contributed by atoms with van der Waals surface area (Å²) in [7, 11) is 1.46. The smallest absolute Gasteiger partial charge is 0.332 e. The van der Waals surface area contributed by atoms with Gasteiger partial charge in [-0.05, 0) is 46.6 Å². The van der Waals surface area contributed by atoms with Gasteiger partial charge < -0.3 is 9.47 Å². The number of aryl methyl sites for hydroxylation is 1. The molecule has 2 aromatic heterocycles. The van der Waals surface area contributed by atoms with Crippen molar-refractivity contribution in [1.29, 1.82) is 0 Å². The summed E-state index contributed by atoms with van der Waals surface area (Å²) in [5, 5.41) is 12.8. The molecule has 14 nitrogen and oxygen atoms in total. The van der Waals surface area contributed by atoms with Crippen molar-refractivity contribution < 1.29 is 19.3 Å². The Morgan fingerprint density at radius 2 is 1.95 bits per heavy atom. The zero-order valence-corrected chi connectivity index (χ0v) is 24.3. The summed E-state index contributed by atoms with van der Waals surface area (Å²) in [4.78, 5) is 75.5. The van der Waals surface area contributed by atoms with Gasteiger partial charge in [0, 0.05) is 32.7 Å². The Morgan fingerprint density at radius 3 is 2.60 bits per heavy atom. The number of hydrogen-bond donors (Lipinski definition) is 0. The van der Waals surface area contributed by atoms with E-state index in [1.54, 1.807) is 4.57 Å².